The van der Waals surface area contributed by atoms with Crippen molar-refractivity contribution in [1.29, 1.82) is 0 Å². The van der Waals surface area contributed by atoms with Crippen LogP contribution < -0.4 is 4.90 Å². The van der Waals surface area contributed by atoms with Gasteiger partial charge in [0.2, 0.25) is 11.0 Å². The molecule has 0 aliphatic rings. The van der Waals surface area contributed by atoms with E-state index in [1.165, 1.54) is 16.9 Å². The van der Waals surface area contributed by atoms with Gasteiger partial charge in [0, 0.05) is 18.5 Å². The van der Waals surface area contributed by atoms with E-state index in [1.54, 1.807) is 0 Å². The molecule has 1 aromatic carbocycles. The van der Waals surface area contributed by atoms with Crippen LogP contribution in [0.2, 0.25) is 0 Å². The molecule has 5 heteroatoms. The van der Waals surface area contributed by atoms with Gasteiger partial charge in [-0.15, -0.1) is 10.2 Å². The van der Waals surface area contributed by atoms with Crippen LogP contribution in [0.4, 0.5) is 5.13 Å². The van der Waals surface area contributed by atoms with Crippen LogP contribution in [0.15, 0.2) is 24.3 Å². The fourth-order valence-corrected chi connectivity index (χ4v) is 3.33. The average Bonchev–Trinajstić information content (AvgIpc) is 2.97. The highest BCUT2D eigenvalue weighted by molar-refractivity contribution is 7.18. The number of nitrogens with zero attached hydrogens (tertiary/aromatic N) is 3. The van der Waals surface area contributed by atoms with Crippen LogP contribution in [-0.4, -0.2) is 22.6 Å². The summed E-state index contributed by atoms with van der Waals surface area (Å²) >= 11 is 1.50. The molecule has 0 fully saturated rings. The molecule has 0 saturated carbocycles. The molecular weight excluding hydrogens is 306 g/mol. The van der Waals surface area contributed by atoms with Crippen LogP contribution in [0.3, 0.4) is 0 Å². The molecular formula is C18H25N3OS. The minimum atomic E-state index is 0.140. The Morgan fingerprint density at radius 2 is 2.00 bits per heavy atom. The quantitative estimate of drug-likeness (QED) is 0.739. The number of carbonyl (C=O) groups is 1. The van der Waals surface area contributed by atoms with Gasteiger partial charge >= 0.3 is 0 Å². The molecule has 0 unspecified atom stereocenters. The SMILES string of the molecule is CCCCN(C(=O)CC(C)C)c1nnc(-c2ccccc2C)s1. The van der Waals surface area contributed by atoms with Gasteiger partial charge in [-0.1, -0.05) is 62.8 Å². The molecule has 0 atom stereocenters. The van der Waals surface area contributed by atoms with Crippen LogP contribution in [0, 0.1) is 12.8 Å². The first-order chi connectivity index (χ1) is 11.0. The molecule has 0 bridgehead atoms. The number of aromatic nitrogens is 2. The van der Waals surface area contributed by atoms with Crippen LogP contribution >= 0.6 is 11.3 Å². The summed E-state index contributed by atoms with van der Waals surface area (Å²) < 4.78 is 0. The lowest BCUT2D eigenvalue weighted by Gasteiger charge is -2.20. The number of aryl methyl sites for hydroxylation is 1. The highest BCUT2D eigenvalue weighted by atomic mass is 32.1. The summed E-state index contributed by atoms with van der Waals surface area (Å²) in [5.74, 6) is 0.483. The number of amides is 1. The zero-order valence-electron chi connectivity index (χ0n) is 14.4. The summed E-state index contributed by atoms with van der Waals surface area (Å²) in [6.07, 6.45) is 2.57. The Labute approximate surface area is 142 Å². The predicted octanol–water partition coefficient (Wildman–Crippen LogP) is 4.69. The topological polar surface area (TPSA) is 46.1 Å². The second kappa shape index (κ2) is 8.20. The van der Waals surface area contributed by atoms with Crippen LogP contribution in [-0.2, 0) is 4.79 Å². The number of hydrogen-bond donors (Lipinski definition) is 0. The number of benzene rings is 1. The fraction of sp³-hybridized carbons (Fsp3) is 0.500. The summed E-state index contributed by atoms with van der Waals surface area (Å²) in [5, 5.41) is 10.2. The smallest absolute Gasteiger partial charge is 0.229 e. The van der Waals surface area contributed by atoms with E-state index in [0.717, 1.165) is 23.4 Å². The lowest BCUT2D eigenvalue weighted by atomic mass is 10.1. The molecule has 1 heterocycles. The first-order valence-electron chi connectivity index (χ1n) is 8.22. The first kappa shape index (κ1) is 17.6. The van der Waals surface area contributed by atoms with Gasteiger partial charge in [0.25, 0.3) is 0 Å². The van der Waals surface area contributed by atoms with Crippen LogP contribution in [0.25, 0.3) is 10.6 Å². The maximum atomic E-state index is 12.5. The summed E-state index contributed by atoms with van der Waals surface area (Å²) in [7, 11) is 0. The fourth-order valence-electron chi connectivity index (χ4n) is 2.35. The van der Waals surface area contributed by atoms with Crippen LogP contribution in [0.5, 0.6) is 0 Å². The zero-order valence-corrected chi connectivity index (χ0v) is 15.2. The standard InChI is InChI=1S/C18H25N3OS/c1-5-6-11-21(16(22)12-13(2)3)18-20-19-17(23-18)15-10-8-7-9-14(15)4/h7-10,13H,5-6,11-12H2,1-4H3. The molecule has 0 N–H and O–H groups in total. The minimum Gasteiger partial charge on any atom is -0.287 e. The molecule has 2 aromatic rings. The molecule has 0 aliphatic carbocycles. The van der Waals surface area contributed by atoms with Gasteiger partial charge in [-0.05, 0) is 24.8 Å². The first-order valence-corrected chi connectivity index (χ1v) is 9.04. The van der Waals surface area contributed by atoms with Crippen molar-refractivity contribution in [2.24, 2.45) is 5.92 Å². The Kier molecular flexibility index (Phi) is 6.28. The average molecular weight is 331 g/mol. The summed E-state index contributed by atoms with van der Waals surface area (Å²) in [6.45, 7) is 9.03. The third kappa shape index (κ3) is 4.61. The molecule has 4 nitrogen and oxygen atoms in total. The second-order valence-electron chi connectivity index (χ2n) is 6.20. The molecule has 124 valence electrons. The molecule has 1 aromatic heterocycles. The van der Waals surface area contributed by atoms with Crippen molar-refractivity contribution < 1.29 is 4.79 Å². The number of anilines is 1. The normalized spacial score (nSPS) is 11.0. The predicted molar refractivity (Wildman–Crippen MR) is 96.8 cm³/mol. The van der Waals surface area contributed by atoms with E-state index in [4.69, 9.17) is 0 Å². The largest absolute Gasteiger partial charge is 0.287 e. The van der Waals surface area contributed by atoms with Gasteiger partial charge in [0.15, 0.2) is 0 Å². The Balaban J connectivity index is 2.26. The van der Waals surface area contributed by atoms with Gasteiger partial charge in [0.05, 0.1) is 0 Å². The monoisotopic (exact) mass is 331 g/mol. The minimum absolute atomic E-state index is 0.140. The second-order valence-corrected chi connectivity index (χ2v) is 7.16. The van der Waals surface area contributed by atoms with E-state index in [9.17, 15) is 4.79 Å². The van der Waals surface area contributed by atoms with E-state index in [1.807, 2.05) is 23.1 Å². The number of hydrogen-bond acceptors (Lipinski definition) is 4. The third-order valence-corrected chi connectivity index (χ3v) is 4.62. The summed E-state index contributed by atoms with van der Waals surface area (Å²) in [4.78, 5) is 14.3. The Hall–Kier alpha value is -1.75. The maximum absolute atomic E-state index is 12.5. The van der Waals surface area contributed by atoms with Gasteiger partial charge in [-0.25, -0.2) is 0 Å². The van der Waals surface area contributed by atoms with Crippen molar-refractivity contribution in [3.8, 4) is 10.6 Å². The van der Waals surface area contributed by atoms with Crippen LogP contribution in [0.1, 0.15) is 45.6 Å². The highest BCUT2D eigenvalue weighted by Crippen LogP contribution is 2.31. The molecule has 1 amide bonds. The lowest BCUT2D eigenvalue weighted by Crippen LogP contribution is -2.32. The third-order valence-electron chi connectivity index (χ3n) is 3.64. The maximum Gasteiger partial charge on any atom is 0.229 e. The summed E-state index contributed by atoms with van der Waals surface area (Å²) in [6, 6.07) is 8.13. The van der Waals surface area contributed by atoms with Crippen molar-refractivity contribution in [3.05, 3.63) is 29.8 Å². The van der Waals surface area contributed by atoms with Crippen molar-refractivity contribution in [1.82, 2.24) is 10.2 Å². The molecule has 0 saturated heterocycles. The van der Waals surface area contributed by atoms with Crippen molar-refractivity contribution >= 4 is 22.4 Å². The lowest BCUT2D eigenvalue weighted by molar-refractivity contribution is -0.119. The summed E-state index contributed by atoms with van der Waals surface area (Å²) in [5.41, 5.74) is 2.26. The van der Waals surface area contributed by atoms with E-state index >= 15 is 0 Å². The molecule has 2 rings (SSSR count). The van der Waals surface area contributed by atoms with Gasteiger partial charge < -0.3 is 0 Å². The molecule has 0 aliphatic heterocycles. The zero-order chi connectivity index (χ0) is 16.8. The molecule has 23 heavy (non-hydrogen) atoms. The Morgan fingerprint density at radius 3 is 2.65 bits per heavy atom. The van der Waals surface area contributed by atoms with E-state index < -0.39 is 0 Å². The Morgan fingerprint density at radius 1 is 1.26 bits per heavy atom. The van der Waals surface area contributed by atoms with Gasteiger partial charge in [-0.3, -0.25) is 9.69 Å². The highest BCUT2D eigenvalue weighted by Gasteiger charge is 2.21. The Bertz CT molecular complexity index is 651. The van der Waals surface area contributed by atoms with Gasteiger partial charge in [0.1, 0.15) is 5.01 Å². The van der Waals surface area contributed by atoms with E-state index in [0.29, 0.717) is 24.0 Å². The van der Waals surface area contributed by atoms with Gasteiger partial charge in [-0.2, -0.15) is 0 Å². The van der Waals surface area contributed by atoms with E-state index in [2.05, 4.69) is 44.0 Å². The molecule has 0 spiro atoms. The van der Waals surface area contributed by atoms with Crippen molar-refractivity contribution in [2.75, 3.05) is 11.4 Å². The molecule has 0 radical (unpaired) electrons. The number of carbonyl (C=O) groups excluding carboxylic acids is 1. The van der Waals surface area contributed by atoms with E-state index in [-0.39, 0.29) is 5.91 Å². The van der Waals surface area contributed by atoms with Crippen molar-refractivity contribution in [3.63, 3.8) is 0 Å². The number of rotatable bonds is 7. The van der Waals surface area contributed by atoms with Crippen molar-refractivity contribution in [2.45, 2.75) is 47.0 Å². The number of unbranched alkanes of at least 4 members (excludes halogenated alkanes) is 1.